The molecule has 0 heterocycles. The van der Waals surface area contributed by atoms with Crippen LogP contribution in [0.4, 0.5) is 0 Å². The van der Waals surface area contributed by atoms with E-state index < -0.39 is 10.1 Å². The first-order valence-corrected chi connectivity index (χ1v) is 11.6. The van der Waals surface area contributed by atoms with Gasteiger partial charge in [0.25, 0.3) is 10.1 Å². The molecule has 0 unspecified atom stereocenters. The van der Waals surface area contributed by atoms with Gasteiger partial charge >= 0.3 is 5.97 Å². The van der Waals surface area contributed by atoms with Crippen LogP contribution < -0.4 is 5.73 Å². The van der Waals surface area contributed by atoms with Gasteiger partial charge < -0.3 is 10.5 Å². The molecule has 1 rings (SSSR count). The number of unbranched alkanes of at least 4 members (excludes halogenated alkanes) is 9. The molecule has 0 aliphatic carbocycles. The Morgan fingerprint density at radius 3 is 1.82 bits per heavy atom. The van der Waals surface area contributed by atoms with Gasteiger partial charge in [0, 0.05) is 0 Å². The number of hydrogen-bond donors (Lipinski definition) is 2. The summed E-state index contributed by atoms with van der Waals surface area (Å²) in [6.45, 7) is 4.62. The van der Waals surface area contributed by atoms with Crippen molar-refractivity contribution in [3.05, 3.63) is 29.8 Å². The van der Waals surface area contributed by atoms with Crippen molar-refractivity contribution in [2.45, 2.75) is 83.0 Å². The second-order valence-electron chi connectivity index (χ2n) is 6.89. The third-order valence-electron chi connectivity index (χ3n) is 4.25. The van der Waals surface area contributed by atoms with E-state index >= 15 is 0 Å². The molecule has 0 saturated heterocycles. The Bertz CT molecular complexity index is 614. The summed E-state index contributed by atoms with van der Waals surface area (Å²) in [6.07, 6.45) is 12.9. The van der Waals surface area contributed by atoms with Gasteiger partial charge in [-0.1, -0.05) is 82.4 Å². The minimum atomic E-state index is -4.02. The third kappa shape index (κ3) is 15.6. The second kappa shape index (κ2) is 16.5. The number of carbonyl (C=O) groups excluding carboxylic acids is 1. The van der Waals surface area contributed by atoms with Gasteiger partial charge in [-0.05, 0) is 25.5 Å². The van der Waals surface area contributed by atoms with Crippen molar-refractivity contribution < 1.29 is 22.5 Å². The molecule has 0 fully saturated rings. The lowest BCUT2D eigenvalue weighted by atomic mass is 10.1. The van der Waals surface area contributed by atoms with Crippen molar-refractivity contribution in [1.29, 1.82) is 0 Å². The summed E-state index contributed by atoms with van der Waals surface area (Å²) in [4.78, 5) is 10.7. The van der Waals surface area contributed by atoms with E-state index in [9.17, 15) is 13.2 Å². The molecule has 1 aromatic rings. The SMILES string of the molecule is CCCCCCCCCCCCOC(=O)CN.Cc1ccc(S(=O)(=O)O)cc1. The average molecular weight is 416 g/mol. The maximum atomic E-state index is 10.7. The van der Waals surface area contributed by atoms with Gasteiger partial charge in [-0.2, -0.15) is 8.42 Å². The lowest BCUT2D eigenvalue weighted by molar-refractivity contribution is -0.142. The normalized spacial score (nSPS) is 10.9. The number of carbonyl (C=O) groups is 1. The maximum absolute atomic E-state index is 10.7. The summed E-state index contributed by atoms with van der Waals surface area (Å²) in [5, 5.41) is 0. The fraction of sp³-hybridized carbons (Fsp3) is 0.667. The van der Waals surface area contributed by atoms with Crippen LogP contribution in [0.25, 0.3) is 0 Å². The van der Waals surface area contributed by atoms with E-state index in [0.717, 1.165) is 18.4 Å². The number of esters is 1. The molecular weight excluding hydrogens is 378 g/mol. The van der Waals surface area contributed by atoms with Crippen molar-refractivity contribution in [3.8, 4) is 0 Å². The monoisotopic (exact) mass is 415 g/mol. The summed E-state index contributed by atoms with van der Waals surface area (Å²) in [7, 11) is -4.02. The van der Waals surface area contributed by atoms with Gasteiger partial charge in [0.15, 0.2) is 0 Å². The lowest BCUT2D eigenvalue weighted by Gasteiger charge is -2.03. The van der Waals surface area contributed by atoms with Crippen molar-refractivity contribution in [2.75, 3.05) is 13.2 Å². The fourth-order valence-corrected chi connectivity index (χ4v) is 3.02. The minimum absolute atomic E-state index is 0.00222. The summed E-state index contributed by atoms with van der Waals surface area (Å²) in [5.41, 5.74) is 6.08. The Morgan fingerprint density at radius 1 is 0.929 bits per heavy atom. The smallest absolute Gasteiger partial charge is 0.319 e. The average Bonchev–Trinajstić information content (AvgIpc) is 2.66. The molecule has 3 N–H and O–H groups in total. The van der Waals surface area contributed by atoms with Gasteiger partial charge in [0.05, 0.1) is 18.0 Å². The molecule has 162 valence electrons. The van der Waals surface area contributed by atoms with Gasteiger partial charge in [-0.25, -0.2) is 0 Å². The number of aryl methyl sites for hydroxylation is 1. The second-order valence-corrected chi connectivity index (χ2v) is 8.32. The van der Waals surface area contributed by atoms with Crippen molar-refractivity contribution in [2.24, 2.45) is 5.73 Å². The Hall–Kier alpha value is -1.44. The van der Waals surface area contributed by atoms with E-state index in [1.165, 1.54) is 63.5 Å². The van der Waals surface area contributed by atoms with Gasteiger partial charge in [0.1, 0.15) is 0 Å². The number of ether oxygens (including phenoxy) is 1. The van der Waals surface area contributed by atoms with E-state index in [-0.39, 0.29) is 17.4 Å². The molecule has 0 radical (unpaired) electrons. The first-order chi connectivity index (χ1) is 13.3. The number of nitrogens with two attached hydrogens (primary N) is 1. The Labute approximate surface area is 170 Å². The van der Waals surface area contributed by atoms with E-state index in [1.807, 2.05) is 6.92 Å². The highest BCUT2D eigenvalue weighted by Gasteiger charge is 2.06. The van der Waals surface area contributed by atoms with Crippen molar-refractivity contribution in [1.82, 2.24) is 0 Å². The molecule has 28 heavy (non-hydrogen) atoms. The van der Waals surface area contributed by atoms with E-state index in [1.54, 1.807) is 12.1 Å². The summed E-state index contributed by atoms with van der Waals surface area (Å²) < 4.78 is 34.5. The fourth-order valence-electron chi connectivity index (χ4n) is 2.54. The molecule has 0 aliphatic rings. The predicted octanol–water partition coefficient (Wildman–Crippen LogP) is 4.65. The molecule has 0 aromatic heterocycles. The minimum Gasteiger partial charge on any atom is -0.465 e. The molecule has 0 bridgehead atoms. The van der Waals surface area contributed by atoms with Gasteiger partial charge in [-0.3, -0.25) is 9.35 Å². The zero-order valence-corrected chi connectivity index (χ0v) is 18.2. The summed E-state index contributed by atoms with van der Waals surface area (Å²) in [6, 6.07) is 5.99. The van der Waals surface area contributed by atoms with E-state index in [2.05, 4.69) is 6.92 Å². The molecule has 0 aliphatic heterocycles. The number of rotatable bonds is 13. The number of benzene rings is 1. The molecular formula is C21H37NO5S. The van der Waals surface area contributed by atoms with Crippen molar-refractivity contribution in [3.63, 3.8) is 0 Å². The first-order valence-electron chi connectivity index (χ1n) is 10.2. The molecule has 0 amide bonds. The highest BCUT2D eigenvalue weighted by molar-refractivity contribution is 7.85. The van der Waals surface area contributed by atoms with Gasteiger partial charge in [-0.15, -0.1) is 0 Å². The first kappa shape index (κ1) is 26.6. The Balaban J connectivity index is 0.000000567. The maximum Gasteiger partial charge on any atom is 0.319 e. The molecule has 6 nitrogen and oxygen atoms in total. The quantitative estimate of drug-likeness (QED) is 0.276. The van der Waals surface area contributed by atoms with E-state index in [0.29, 0.717) is 6.61 Å². The summed E-state index contributed by atoms with van der Waals surface area (Å²) in [5.74, 6) is -0.291. The predicted molar refractivity (Wildman–Crippen MR) is 113 cm³/mol. The van der Waals surface area contributed by atoms with Crippen LogP contribution in [0.15, 0.2) is 29.2 Å². The van der Waals surface area contributed by atoms with E-state index in [4.69, 9.17) is 15.0 Å². The van der Waals surface area contributed by atoms with Crippen LogP contribution in [-0.4, -0.2) is 32.1 Å². The molecule has 0 saturated carbocycles. The zero-order chi connectivity index (χ0) is 21.3. The van der Waals surface area contributed by atoms with Crippen LogP contribution in [-0.2, 0) is 19.6 Å². The van der Waals surface area contributed by atoms with Crippen molar-refractivity contribution >= 4 is 16.1 Å². The molecule has 7 heteroatoms. The largest absolute Gasteiger partial charge is 0.465 e. The highest BCUT2D eigenvalue weighted by Crippen LogP contribution is 2.10. The van der Waals surface area contributed by atoms with Gasteiger partial charge in [0.2, 0.25) is 0 Å². The Morgan fingerprint density at radius 2 is 1.39 bits per heavy atom. The lowest BCUT2D eigenvalue weighted by Crippen LogP contribution is -2.17. The topological polar surface area (TPSA) is 107 Å². The van der Waals surface area contributed by atoms with Crippen LogP contribution in [0.5, 0.6) is 0 Å². The highest BCUT2D eigenvalue weighted by atomic mass is 32.2. The van der Waals surface area contributed by atoms with Crippen LogP contribution in [0.1, 0.15) is 76.7 Å². The van der Waals surface area contributed by atoms with Crippen LogP contribution in [0.2, 0.25) is 0 Å². The number of hydrogen-bond acceptors (Lipinski definition) is 5. The van der Waals surface area contributed by atoms with Crippen LogP contribution >= 0.6 is 0 Å². The Kier molecular flexibility index (Phi) is 15.7. The molecule has 0 spiro atoms. The third-order valence-corrected chi connectivity index (χ3v) is 5.11. The molecule has 0 atom stereocenters. The zero-order valence-electron chi connectivity index (χ0n) is 17.4. The van der Waals surface area contributed by atoms with Crippen LogP contribution in [0.3, 0.4) is 0 Å². The van der Waals surface area contributed by atoms with Crippen LogP contribution in [0, 0.1) is 6.92 Å². The standard InChI is InChI=1S/C14H29NO2.C7H8O3S/c1-2-3-4-5-6-7-8-9-10-11-12-17-14(16)13-15;1-6-2-4-7(5-3-6)11(8,9)10/h2-13,15H2,1H3;2-5H,1H3,(H,8,9,10). The molecule has 1 aromatic carbocycles. The summed E-state index contributed by atoms with van der Waals surface area (Å²) >= 11 is 0.